The van der Waals surface area contributed by atoms with E-state index in [9.17, 15) is 4.79 Å². The van der Waals surface area contributed by atoms with Crippen LogP contribution in [0, 0.1) is 0 Å². The topological polar surface area (TPSA) is 44.4 Å². The van der Waals surface area contributed by atoms with Gasteiger partial charge in [0.1, 0.15) is 0 Å². The smallest absolute Gasteiger partial charge is 0.251 e. The average Bonchev–Trinajstić information content (AvgIpc) is 3.34. The molecular formula is C17H28ClN3O. The summed E-state index contributed by atoms with van der Waals surface area (Å²) in [6.45, 7) is 5.82. The second kappa shape index (κ2) is 9.82. The number of nitrogens with zero attached hydrogens (tertiary/aromatic N) is 1. The minimum absolute atomic E-state index is 0. The zero-order valence-corrected chi connectivity index (χ0v) is 14.4. The van der Waals surface area contributed by atoms with Gasteiger partial charge in [0.05, 0.1) is 0 Å². The van der Waals surface area contributed by atoms with Crippen molar-refractivity contribution in [2.24, 2.45) is 0 Å². The fraction of sp³-hybridized carbons (Fsp3) is 0.588. The van der Waals surface area contributed by atoms with Crippen LogP contribution in [0.25, 0.3) is 0 Å². The number of likely N-dealkylation sites (N-methyl/N-ethyl adjacent to an activating group) is 2. The lowest BCUT2D eigenvalue weighted by atomic mass is 10.0. The maximum absolute atomic E-state index is 12.3. The van der Waals surface area contributed by atoms with Gasteiger partial charge in [-0.2, -0.15) is 0 Å². The minimum atomic E-state index is 0. The molecule has 1 aliphatic rings. The number of halogens is 1. The molecule has 0 saturated heterocycles. The van der Waals surface area contributed by atoms with Crippen LogP contribution in [0.3, 0.4) is 0 Å². The largest absolute Gasteiger partial charge is 0.351 e. The van der Waals surface area contributed by atoms with Gasteiger partial charge in [0.2, 0.25) is 0 Å². The number of hydrogen-bond acceptors (Lipinski definition) is 3. The maximum atomic E-state index is 12.3. The van der Waals surface area contributed by atoms with Gasteiger partial charge in [0, 0.05) is 24.7 Å². The first kappa shape index (κ1) is 18.9. The summed E-state index contributed by atoms with van der Waals surface area (Å²) in [5.41, 5.74) is 1.92. The molecule has 0 atom stereocenters. The van der Waals surface area contributed by atoms with Crippen molar-refractivity contribution >= 4 is 18.3 Å². The van der Waals surface area contributed by atoms with Gasteiger partial charge in [-0.25, -0.2) is 0 Å². The number of hydrogen-bond donors (Lipinski definition) is 2. The van der Waals surface area contributed by atoms with Gasteiger partial charge in [-0.3, -0.25) is 9.69 Å². The van der Waals surface area contributed by atoms with Crippen molar-refractivity contribution in [1.82, 2.24) is 15.5 Å². The molecule has 1 aliphatic carbocycles. The summed E-state index contributed by atoms with van der Waals surface area (Å²) in [6, 6.07) is 8.64. The van der Waals surface area contributed by atoms with E-state index in [0.29, 0.717) is 0 Å². The molecule has 0 aliphatic heterocycles. The van der Waals surface area contributed by atoms with E-state index in [0.717, 1.165) is 49.8 Å². The number of nitrogens with one attached hydrogen (secondary N) is 2. The summed E-state index contributed by atoms with van der Waals surface area (Å²) >= 11 is 0. The van der Waals surface area contributed by atoms with E-state index >= 15 is 0 Å². The molecule has 0 bridgehead atoms. The summed E-state index contributed by atoms with van der Waals surface area (Å²) in [7, 11) is 1.93. The third-order valence-corrected chi connectivity index (χ3v) is 4.06. The zero-order chi connectivity index (χ0) is 15.1. The van der Waals surface area contributed by atoms with Crippen molar-refractivity contribution in [3.8, 4) is 0 Å². The fourth-order valence-electron chi connectivity index (χ4n) is 2.67. The van der Waals surface area contributed by atoms with Crippen LogP contribution in [-0.4, -0.2) is 50.1 Å². The van der Waals surface area contributed by atoms with Crippen LogP contribution < -0.4 is 10.6 Å². The molecule has 2 N–H and O–H groups in total. The Labute approximate surface area is 140 Å². The van der Waals surface area contributed by atoms with Crippen LogP contribution in [0.15, 0.2) is 24.3 Å². The van der Waals surface area contributed by atoms with Crippen LogP contribution in [0.2, 0.25) is 0 Å². The highest BCUT2D eigenvalue weighted by molar-refractivity contribution is 5.95. The summed E-state index contributed by atoms with van der Waals surface area (Å²) in [5, 5.41) is 6.19. The summed E-state index contributed by atoms with van der Waals surface area (Å²) in [4.78, 5) is 14.8. The monoisotopic (exact) mass is 325 g/mol. The Bertz CT molecular complexity index is 463. The van der Waals surface area contributed by atoms with E-state index in [4.69, 9.17) is 0 Å². The second-order valence-corrected chi connectivity index (χ2v) is 5.63. The Hall–Kier alpha value is -1.10. The number of amides is 1. The third kappa shape index (κ3) is 5.59. The molecular weight excluding hydrogens is 298 g/mol. The maximum Gasteiger partial charge on any atom is 0.251 e. The van der Waals surface area contributed by atoms with Gasteiger partial charge >= 0.3 is 0 Å². The van der Waals surface area contributed by atoms with Crippen molar-refractivity contribution in [3.63, 3.8) is 0 Å². The van der Waals surface area contributed by atoms with Crippen LogP contribution in [0.1, 0.15) is 35.7 Å². The third-order valence-electron chi connectivity index (χ3n) is 4.06. The quantitative estimate of drug-likeness (QED) is 0.730. The predicted molar refractivity (Wildman–Crippen MR) is 93.9 cm³/mol. The first-order valence-electron chi connectivity index (χ1n) is 8.01. The Morgan fingerprint density at radius 1 is 1.27 bits per heavy atom. The molecule has 0 heterocycles. The molecule has 5 heteroatoms. The van der Waals surface area contributed by atoms with Crippen molar-refractivity contribution < 1.29 is 4.79 Å². The molecule has 1 fully saturated rings. The van der Waals surface area contributed by atoms with Gasteiger partial charge in [-0.05, 0) is 51.0 Å². The molecule has 0 radical (unpaired) electrons. The van der Waals surface area contributed by atoms with E-state index in [2.05, 4.69) is 22.5 Å². The average molecular weight is 326 g/mol. The van der Waals surface area contributed by atoms with Crippen LogP contribution in [0.4, 0.5) is 0 Å². The van der Waals surface area contributed by atoms with Crippen LogP contribution in [-0.2, 0) is 6.42 Å². The standard InChI is InChI=1S/C17H27N3O.ClH/c1-3-20(15-8-9-15)13-12-19-17(21)16-7-5-4-6-14(16)10-11-18-2;/h4-7,15,18H,3,8-13H2,1-2H3,(H,19,21);1H. The fourth-order valence-corrected chi connectivity index (χ4v) is 2.67. The minimum Gasteiger partial charge on any atom is -0.351 e. The lowest BCUT2D eigenvalue weighted by Crippen LogP contribution is -2.36. The van der Waals surface area contributed by atoms with E-state index in [1.54, 1.807) is 0 Å². The van der Waals surface area contributed by atoms with Crippen molar-refractivity contribution in [1.29, 1.82) is 0 Å². The van der Waals surface area contributed by atoms with E-state index in [1.807, 2.05) is 31.3 Å². The lowest BCUT2D eigenvalue weighted by Gasteiger charge is -2.20. The number of carbonyl (C=O) groups is 1. The predicted octanol–water partition coefficient (Wildman–Crippen LogP) is 2.08. The Morgan fingerprint density at radius 3 is 2.64 bits per heavy atom. The van der Waals surface area contributed by atoms with Crippen LogP contribution >= 0.6 is 12.4 Å². The van der Waals surface area contributed by atoms with E-state index < -0.39 is 0 Å². The lowest BCUT2D eigenvalue weighted by molar-refractivity contribution is 0.0947. The molecule has 2 rings (SSSR count). The SMILES string of the molecule is CCN(CCNC(=O)c1ccccc1CCNC)C1CC1.Cl. The molecule has 124 valence electrons. The van der Waals surface area contributed by atoms with Gasteiger partial charge < -0.3 is 10.6 Å². The molecule has 4 nitrogen and oxygen atoms in total. The number of benzene rings is 1. The van der Waals surface area contributed by atoms with Gasteiger partial charge in [0.25, 0.3) is 5.91 Å². The Morgan fingerprint density at radius 2 is 2.00 bits per heavy atom. The van der Waals surface area contributed by atoms with Gasteiger partial charge in [0.15, 0.2) is 0 Å². The van der Waals surface area contributed by atoms with Crippen molar-refractivity contribution in [3.05, 3.63) is 35.4 Å². The molecule has 0 spiro atoms. The van der Waals surface area contributed by atoms with Gasteiger partial charge in [-0.15, -0.1) is 12.4 Å². The van der Waals surface area contributed by atoms with E-state index in [1.165, 1.54) is 12.8 Å². The summed E-state index contributed by atoms with van der Waals surface area (Å²) in [5.74, 6) is 0.0496. The molecule has 1 aromatic carbocycles. The number of carbonyl (C=O) groups excluding carboxylic acids is 1. The zero-order valence-electron chi connectivity index (χ0n) is 13.6. The first-order chi connectivity index (χ1) is 10.3. The summed E-state index contributed by atoms with van der Waals surface area (Å²) < 4.78 is 0. The van der Waals surface area contributed by atoms with E-state index in [-0.39, 0.29) is 18.3 Å². The molecule has 22 heavy (non-hydrogen) atoms. The van der Waals surface area contributed by atoms with Crippen LogP contribution in [0.5, 0.6) is 0 Å². The first-order valence-corrected chi connectivity index (χ1v) is 8.01. The second-order valence-electron chi connectivity index (χ2n) is 5.63. The van der Waals surface area contributed by atoms with Crippen molar-refractivity contribution in [2.45, 2.75) is 32.2 Å². The molecule has 1 aromatic rings. The molecule has 1 amide bonds. The Balaban J connectivity index is 0.00000242. The normalized spacial score (nSPS) is 13.8. The number of rotatable bonds is 9. The highest BCUT2D eigenvalue weighted by atomic mass is 35.5. The highest BCUT2D eigenvalue weighted by Gasteiger charge is 2.27. The Kier molecular flexibility index (Phi) is 8.46. The highest BCUT2D eigenvalue weighted by Crippen LogP contribution is 2.25. The molecule has 0 unspecified atom stereocenters. The summed E-state index contributed by atoms with van der Waals surface area (Å²) in [6.07, 6.45) is 3.51. The van der Waals surface area contributed by atoms with Crippen molar-refractivity contribution in [2.75, 3.05) is 33.2 Å². The molecule has 1 saturated carbocycles. The van der Waals surface area contributed by atoms with Gasteiger partial charge in [-0.1, -0.05) is 25.1 Å². The molecule has 0 aromatic heterocycles.